The van der Waals surface area contributed by atoms with E-state index in [1.807, 2.05) is 12.4 Å². The lowest BCUT2D eigenvalue weighted by molar-refractivity contribution is 0.463. The van der Waals surface area contributed by atoms with Gasteiger partial charge in [-0.3, -0.25) is 15.4 Å². The number of hydrogen-bond acceptors (Lipinski definition) is 5. The first-order chi connectivity index (χ1) is 15.2. The number of benzene rings is 1. The first kappa shape index (κ1) is 22.4. The summed E-state index contributed by atoms with van der Waals surface area (Å²) in [6.45, 7) is 13.5. The molecule has 7 heteroatoms. The third-order valence-electron chi connectivity index (χ3n) is 6.01. The van der Waals surface area contributed by atoms with Crippen LogP contribution in [-0.4, -0.2) is 45.4 Å². The van der Waals surface area contributed by atoms with Crippen molar-refractivity contribution in [3.05, 3.63) is 62.9 Å². The van der Waals surface area contributed by atoms with Crippen LogP contribution < -0.4 is 5.32 Å². The van der Waals surface area contributed by atoms with E-state index < -0.39 is 0 Å². The van der Waals surface area contributed by atoms with E-state index in [0.717, 1.165) is 54.6 Å². The summed E-state index contributed by atoms with van der Waals surface area (Å²) in [4.78, 5) is 16.1. The van der Waals surface area contributed by atoms with Gasteiger partial charge in [-0.15, -0.1) is 11.3 Å². The van der Waals surface area contributed by atoms with Crippen molar-refractivity contribution < 1.29 is 0 Å². The minimum absolute atomic E-state index is 0.00652. The molecule has 0 radical (unpaired) electrons. The van der Waals surface area contributed by atoms with Crippen molar-refractivity contribution in [1.29, 1.82) is 5.41 Å². The Bertz CT molecular complexity index is 1110. The highest BCUT2D eigenvalue weighted by molar-refractivity contribution is 7.10. The average molecular weight is 449 g/mol. The predicted molar refractivity (Wildman–Crippen MR) is 132 cm³/mol. The number of thiazole rings is 1. The van der Waals surface area contributed by atoms with Gasteiger partial charge in [0.1, 0.15) is 11.4 Å². The fourth-order valence-electron chi connectivity index (χ4n) is 3.93. The summed E-state index contributed by atoms with van der Waals surface area (Å²) in [5.74, 6) is 0.549. The Kier molecular flexibility index (Phi) is 6.29. The number of nitrogens with one attached hydrogen (secondary N) is 2. The summed E-state index contributed by atoms with van der Waals surface area (Å²) in [7, 11) is 0. The SMILES string of the molecule is Cc1cc(Cc2nc(-c3cnc(C(C)(C)C)cn3)cs2)c(C)cc1CCN1CCNC1=N. The molecule has 1 aromatic carbocycles. The van der Waals surface area contributed by atoms with E-state index in [2.05, 4.69) is 72.3 Å². The summed E-state index contributed by atoms with van der Waals surface area (Å²) in [5, 5.41) is 14.2. The van der Waals surface area contributed by atoms with Gasteiger partial charge in [-0.25, -0.2) is 4.98 Å². The van der Waals surface area contributed by atoms with E-state index in [1.165, 1.54) is 22.3 Å². The van der Waals surface area contributed by atoms with Crippen molar-refractivity contribution in [2.75, 3.05) is 19.6 Å². The first-order valence-electron chi connectivity index (χ1n) is 11.1. The van der Waals surface area contributed by atoms with Gasteiger partial charge in [-0.2, -0.15) is 0 Å². The standard InChI is InChI=1S/C25H32N6S/c1-16-11-19(17(2)10-18(16)6-8-31-9-7-27-24(31)26)12-23-30-21(15-32-23)20-13-29-22(14-28-20)25(3,4)5/h10-11,13-15H,6-9,12H2,1-5H3,(H2,26,27). The summed E-state index contributed by atoms with van der Waals surface area (Å²) < 4.78 is 0. The van der Waals surface area contributed by atoms with Gasteiger partial charge in [0.15, 0.2) is 5.96 Å². The minimum Gasteiger partial charge on any atom is -0.355 e. The smallest absolute Gasteiger partial charge is 0.191 e. The lowest BCUT2D eigenvalue weighted by Gasteiger charge is -2.18. The van der Waals surface area contributed by atoms with Gasteiger partial charge in [0, 0.05) is 43.0 Å². The van der Waals surface area contributed by atoms with Gasteiger partial charge < -0.3 is 10.2 Å². The number of hydrogen-bond donors (Lipinski definition) is 2. The van der Waals surface area contributed by atoms with Crippen LogP contribution in [0, 0.1) is 19.3 Å². The molecule has 0 amide bonds. The van der Waals surface area contributed by atoms with Gasteiger partial charge in [0.2, 0.25) is 0 Å². The van der Waals surface area contributed by atoms with Gasteiger partial charge in [-0.05, 0) is 42.5 Å². The van der Waals surface area contributed by atoms with Crippen molar-refractivity contribution in [3.63, 3.8) is 0 Å². The van der Waals surface area contributed by atoms with E-state index in [9.17, 15) is 0 Å². The topological polar surface area (TPSA) is 77.8 Å². The van der Waals surface area contributed by atoms with E-state index in [4.69, 9.17) is 10.4 Å². The van der Waals surface area contributed by atoms with Crippen LogP contribution in [-0.2, 0) is 18.3 Å². The maximum atomic E-state index is 7.93. The Labute approximate surface area is 194 Å². The second kappa shape index (κ2) is 8.98. The molecule has 0 saturated carbocycles. The molecule has 32 heavy (non-hydrogen) atoms. The fraction of sp³-hybridized carbons (Fsp3) is 0.440. The van der Waals surface area contributed by atoms with Gasteiger partial charge >= 0.3 is 0 Å². The highest BCUT2D eigenvalue weighted by Crippen LogP contribution is 2.26. The molecule has 1 saturated heterocycles. The highest BCUT2D eigenvalue weighted by atomic mass is 32.1. The van der Waals surface area contributed by atoms with Crippen LogP contribution in [0.15, 0.2) is 29.9 Å². The maximum absolute atomic E-state index is 7.93. The van der Waals surface area contributed by atoms with Crippen molar-refractivity contribution >= 4 is 17.3 Å². The Balaban J connectivity index is 1.45. The zero-order valence-electron chi connectivity index (χ0n) is 19.6. The van der Waals surface area contributed by atoms with E-state index in [-0.39, 0.29) is 5.41 Å². The lowest BCUT2D eigenvalue weighted by atomic mass is 9.93. The molecule has 0 unspecified atom stereocenters. The Morgan fingerprint density at radius 2 is 1.81 bits per heavy atom. The molecule has 1 fully saturated rings. The van der Waals surface area contributed by atoms with Gasteiger partial charge in [-0.1, -0.05) is 32.9 Å². The molecule has 6 nitrogen and oxygen atoms in total. The molecule has 3 aromatic rings. The van der Waals surface area contributed by atoms with Crippen LogP contribution in [0.3, 0.4) is 0 Å². The highest BCUT2D eigenvalue weighted by Gasteiger charge is 2.18. The third-order valence-corrected chi connectivity index (χ3v) is 6.86. The molecular formula is C25H32N6S. The molecule has 2 aromatic heterocycles. The molecule has 3 heterocycles. The third kappa shape index (κ3) is 4.99. The molecule has 168 valence electrons. The lowest BCUT2D eigenvalue weighted by Crippen LogP contribution is -2.30. The monoisotopic (exact) mass is 448 g/mol. The number of rotatable bonds is 6. The van der Waals surface area contributed by atoms with Crippen molar-refractivity contribution in [2.45, 2.75) is 52.9 Å². The molecule has 0 aliphatic carbocycles. The molecule has 0 atom stereocenters. The fourth-order valence-corrected chi connectivity index (χ4v) is 4.74. The summed E-state index contributed by atoms with van der Waals surface area (Å²) >= 11 is 1.68. The van der Waals surface area contributed by atoms with Crippen molar-refractivity contribution in [1.82, 2.24) is 25.2 Å². The van der Waals surface area contributed by atoms with E-state index in [0.29, 0.717) is 5.96 Å². The van der Waals surface area contributed by atoms with Gasteiger partial charge in [0.05, 0.1) is 16.9 Å². The zero-order valence-corrected chi connectivity index (χ0v) is 20.4. The number of aromatic nitrogens is 3. The average Bonchev–Trinajstić information content (AvgIpc) is 3.38. The first-order valence-corrected chi connectivity index (χ1v) is 12.0. The molecule has 0 bridgehead atoms. The summed E-state index contributed by atoms with van der Waals surface area (Å²) in [5.41, 5.74) is 7.98. The molecule has 1 aliphatic rings. The maximum Gasteiger partial charge on any atom is 0.191 e. The van der Waals surface area contributed by atoms with E-state index >= 15 is 0 Å². The van der Waals surface area contributed by atoms with Crippen molar-refractivity contribution in [2.24, 2.45) is 0 Å². The van der Waals surface area contributed by atoms with Crippen LogP contribution >= 0.6 is 11.3 Å². The van der Waals surface area contributed by atoms with E-state index in [1.54, 1.807) is 11.3 Å². The minimum atomic E-state index is -0.00652. The van der Waals surface area contributed by atoms with Crippen LogP contribution in [0.1, 0.15) is 53.7 Å². The molecule has 0 spiro atoms. The van der Waals surface area contributed by atoms with Crippen LogP contribution in [0.5, 0.6) is 0 Å². The molecule has 4 rings (SSSR count). The quantitative estimate of drug-likeness (QED) is 0.581. The number of guanidine groups is 1. The normalized spacial score (nSPS) is 14.2. The van der Waals surface area contributed by atoms with Crippen LogP contribution in [0.4, 0.5) is 0 Å². The predicted octanol–water partition coefficient (Wildman–Crippen LogP) is 4.49. The van der Waals surface area contributed by atoms with Crippen LogP contribution in [0.2, 0.25) is 0 Å². The second-order valence-corrected chi connectivity index (χ2v) is 10.5. The van der Waals surface area contributed by atoms with Crippen molar-refractivity contribution in [3.8, 4) is 11.4 Å². The molecular weight excluding hydrogens is 416 g/mol. The molecule has 1 aliphatic heterocycles. The number of nitrogens with zero attached hydrogens (tertiary/aromatic N) is 4. The Morgan fingerprint density at radius 1 is 1.06 bits per heavy atom. The Hall–Kier alpha value is -2.80. The van der Waals surface area contributed by atoms with Gasteiger partial charge in [0.25, 0.3) is 0 Å². The second-order valence-electron chi connectivity index (χ2n) is 9.56. The molecule has 2 N–H and O–H groups in total. The zero-order chi connectivity index (χ0) is 22.9. The largest absolute Gasteiger partial charge is 0.355 e. The van der Waals surface area contributed by atoms with Crippen LogP contribution in [0.25, 0.3) is 11.4 Å². The Morgan fingerprint density at radius 3 is 2.47 bits per heavy atom. The summed E-state index contributed by atoms with van der Waals surface area (Å²) in [6.07, 6.45) is 5.48. The summed E-state index contributed by atoms with van der Waals surface area (Å²) in [6, 6.07) is 4.61. The number of aryl methyl sites for hydroxylation is 2.